The molecule has 2 aromatic rings. The Hall–Kier alpha value is -1.93. The lowest BCUT2D eigenvalue weighted by Gasteiger charge is -2.36. The number of aliphatic hydroxyl groups excluding tert-OH is 1. The Morgan fingerprint density at radius 1 is 1.34 bits per heavy atom. The zero-order valence-corrected chi connectivity index (χ0v) is 17.7. The summed E-state index contributed by atoms with van der Waals surface area (Å²) >= 11 is 1.70. The largest absolute Gasteiger partial charge is 0.459 e. The van der Waals surface area contributed by atoms with Gasteiger partial charge in [0.2, 0.25) is 6.29 Å². The van der Waals surface area contributed by atoms with E-state index in [1.165, 1.54) is 15.6 Å². The second-order valence-electron chi connectivity index (χ2n) is 6.96. The summed E-state index contributed by atoms with van der Waals surface area (Å²) in [4.78, 5) is 12.7. The maximum absolute atomic E-state index is 12.7. The second-order valence-corrected chi connectivity index (χ2v) is 7.88. The summed E-state index contributed by atoms with van der Waals surface area (Å²) in [5.41, 5.74) is 1.17. The van der Waals surface area contributed by atoms with E-state index < -0.39 is 6.29 Å². The summed E-state index contributed by atoms with van der Waals surface area (Å²) in [6.07, 6.45) is 2.77. The van der Waals surface area contributed by atoms with Crippen molar-refractivity contribution in [3.63, 3.8) is 0 Å². The van der Waals surface area contributed by atoms with Gasteiger partial charge in [0.15, 0.2) is 5.76 Å². The van der Waals surface area contributed by atoms with Gasteiger partial charge >= 0.3 is 0 Å². The van der Waals surface area contributed by atoms with Gasteiger partial charge in [-0.1, -0.05) is 18.2 Å². The van der Waals surface area contributed by atoms with Gasteiger partial charge in [0.1, 0.15) is 0 Å². The van der Waals surface area contributed by atoms with E-state index in [-0.39, 0.29) is 30.1 Å². The lowest BCUT2D eigenvalue weighted by atomic mass is 9.80. The van der Waals surface area contributed by atoms with Crippen molar-refractivity contribution in [2.75, 3.05) is 33.5 Å². The molecule has 0 radical (unpaired) electrons. The van der Waals surface area contributed by atoms with Gasteiger partial charge in [-0.05, 0) is 48.2 Å². The van der Waals surface area contributed by atoms with Crippen molar-refractivity contribution in [2.24, 2.45) is 5.92 Å². The summed E-state index contributed by atoms with van der Waals surface area (Å²) in [5.74, 6) is -0.0150. The lowest BCUT2D eigenvalue weighted by Crippen LogP contribution is -2.39. The van der Waals surface area contributed by atoms with Crippen molar-refractivity contribution >= 4 is 27.3 Å². The first-order valence-corrected chi connectivity index (χ1v) is 10.9. The third-order valence-corrected chi connectivity index (χ3v) is 6.08. The number of aliphatic hydroxyl groups is 1. The van der Waals surface area contributed by atoms with Crippen LogP contribution in [0.25, 0.3) is 10.1 Å². The molecule has 7 heteroatoms. The summed E-state index contributed by atoms with van der Waals surface area (Å²) < 4.78 is 18.1. The first kappa shape index (κ1) is 21.8. The van der Waals surface area contributed by atoms with Gasteiger partial charge in [-0.15, -0.1) is 11.3 Å². The SMILES string of the molecule is CCO[C@@H]1OC(C(=O)NCCOC)=C[C@H](c2csc3ccccc23)[C@@H]1CCCO. The molecule has 6 nitrogen and oxygen atoms in total. The summed E-state index contributed by atoms with van der Waals surface area (Å²) in [6, 6.07) is 8.28. The first-order valence-electron chi connectivity index (χ1n) is 10.0. The normalized spacial score (nSPS) is 21.6. The number of fused-ring (bicyclic) bond motifs is 1. The van der Waals surface area contributed by atoms with Gasteiger partial charge in [-0.3, -0.25) is 4.79 Å². The van der Waals surface area contributed by atoms with E-state index in [2.05, 4.69) is 22.8 Å². The number of nitrogens with one attached hydrogen (secondary N) is 1. The van der Waals surface area contributed by atoms with Gasteiger partial charge in [0.05, 0.1) is 6.61 Å². The molecule has 158 valence electrons. The van der Waals surface area contributed by atoms with Crippen LogP contribution in [-0.4, -0.2) is 50.8 Å². The Morgan fingerprint density at radius 2 is 2.17 bits per heavy atom. The van der Waals surface area contributed by atoms with Gasteiger partial charge < -0.3 is 24.6 Å². The zero-order valence-electron chi connectivity index (χ0n) is 16.9. The summed E-state index contributed by atoms with van der Waals surface area (Å²) in [7, 11) is 1.59. The average molecular weight is 420 g/mol. The molecule has 1 aromatic carbocycles. The molecule has 0 unspecified atom stereocenters. The topological polar surface area (TPSA) is 77.0 Å². The second kappa shape index (κ2) is 10.7. The number of carbonyl (C=O) groups excluding carboxylic acids is 1. The number of rotatable bonds is 10. The van der Waals surface area contributed by atoms with Crippen molar-refractivity contribution in [3.05, 3.63) is 47.0 Å². The zero-order chi connectivity index (χ0) is 20.6. The fourth-order valence-electron chi connectivity index (χ4n) is 3.73. The molecule has 3 atom stereocenters. The quantitative estimate of drug-likeness (QED) is 0.577. The minimum atomic E-state index is -0.539. The molecule has 0 fully saturated rings. The molecule has 1 aliphatic heterocycles. The number of ether oxygens (including phenoxy) is 3. The highest BCUT2D eigenvalue weighted by atomic mass is 32.1. The van der Waals surface area contributed by atoms with Crippen molar-refractivity contribution in [1.82, 2.24) is 5.32 Å². The fourth-order valence-corrected chi connectivity index (χ4v) is 4.74. The van der Waals surface area contributed by atoms with Crippen molar-refractivity contribution in [2.45, 2.75) is 32.0 Å². The highest BCUT2D eigenvalue weighted by molar-refractivity contribution is 7.17. The van der Waals surface area contributed by atoms with Crippen LogP contribution in [0.2, 0.25) is 0 Å². The van der Waals surface area contributed by atoms with Gasteiger partial charge in [0.25, 0.3) is 5.91 Å². The highest BCUT2D eigenvalue weighted by Gasteiger charge is 2.38. The molecule has 1 amide bonds. The minimum Gasteiger partial charge on any atom is -0.459 e. The molecule has 2 N–H and O–H groups in total. The Labute approximate surface area is 175 Å². The van der Waals surface area contributed by atoms with Crippen LogP contribution in [0.5, 0.6) is 0 Å². The molecule has 3 rings (SSSR count). The van der Waals surface area contributed by atoms with E-state index in [9.17, 15) is 9.90 Å². The molecule has 0 saturated carbocycles. The molecule has 0 spiro atoms. The molecule has 0 bridgehead atoms. The number of hydrogen-bond donors (Lipinski definition) is 2. The standard InChI is InChI=1S/C22H29NO5S/c1-3-27-22-16(8-6-11-24)17(13-19(28-22)21(25)23-10-12-26-2)18-14-29-20-9-5-4-7-15(18)20/h4-5,7,9,13-14,16-17,22,24H,3,6,8,10-12H2,1-2H3,(H,23,25)/t16-,17-,22+/m0/s1. The average Bonchev–Trinajstić information content (AvgIpc) is 3.16. The van der Waals surface area contributed by atoms with Crippen LogP contribution in [-0.2, 0) is 19.0 Å². The van der Waals surface area contributed by atoms with Crippen LogP contribution in [0, 0.1) is 5.92 Å². The van der Waals surface area contributed by atoms with Crippen LogP contribution < -0.4 is 5.32 Å². The third kappa shape index (κ3) is 5.17. The number of allylic oxidation sites excluding steroid dienone is 1. The lowest BCUT2D eigenvalue weighted by molar-refractivity contribution is -0.166. The van der Waals surface area contributed by atoms with E-state index in [0.717, 1.165) is 6.42 Å². The van der Waals surface area contributed by atoms with E-state index in [1.54, 1.807) is 18.4 Å². The number of amides is 1. The third-order valence-electron chi connectivity index (χ3n) is 5.10. The monoisotopic (exact) mass is 419 g/mol. The molecular formula is C22H29NO5S. The number of thiophene rings is 1. The van der Waals surface area contributed by atoms with E-state index in [4.69, 9.17) is 14.2 Å². The van der Waals surface area contributed by atoms with Crippen LogP contribution in [0.3, 0.4) is 0 Å². The number of carbonyl (C=O) groups is 1. The summed E-state index contributed by atoms with van der Waals surface area (Å²) in [6.45, 7) is 3.36. The maximum Gasteiger partial charge on any atom is 0.286 e. The molecular weight excluding hydrogens is 390 g/mol. The number of methoxy groups -OCH3 is 1. The Balaban J connectivity index is 1.97. The first-order chi connectivity index (χ1) is 14.2. The van der Waals surface area contributed by atoms with Crippen LogP contribution in [0.1, 0.15) is 31.2 Å². The van der Waals surface area contributed by atoms with Crippen molar-refractivity contribution < 1.29 is 24.1 Å². The van der Waals surface area contributed by atoms with Crippen LogP contribution in [0.15, 0.2) is 41.5 Å². The van der Waals surface area contributed by atoms with E-state index in [1.807, 2.05) is 25.1 Å². The van der Waals surface area contributed by atoms with Gasteiger partial charge in [-0.25, -0.2) is 0 Å². The maximum atomic E-state index is 12.7. The fraction of sp³-hybridized carbons (Fsp3) is 0.500. The summed E-state index contributed by atoms with van der Waals surface area (Å²) in [5, 5.41) is 15.6. The predicted octanol–water partition coefficient (Wildman–Crippen LogP) is 3.41. The predicted molar refractivity (Wildman–Crippen MR) is 114 cm³/mol. The van der Waals surface area contributed by atoms with Crippen LogP contribution >= 0.6 is 11.3 Å². The minimum absolute atomic E-state index is 0.00984. The Morgan fingerprint density at radius 3 is 2.93 bits per heavy atom. The van der Waals surface area contributed by atoms with Gasteiger partial charge in [-0.2, -0.15) is 0 Å². The molecule has 1 aromatic heterocycles. The smallest absolute Gasteiger partial charge is 0.286 e. The van der Waals surface area contributed by atoms with Crippen molar-refractivity contribution in [3.8, 4) is 0 Å². The van der Waals surface area contributed by atoms with Crippen molar-refractivity contribution in [1.29, 1.82) is 0 Å². The molecule has 0 aliphatic carbocycles. The molecule has 2 heterocycles. The Kier molecular flexibility index (Phi) is 8.06. The van der Waals surface area contributed by atoms with Gasteiger partial charge in [0, 0.05) is 43.4 Å². The van der Waals surface area contributed by atoms with Crippen LogP contribution in [0.4, 0.5) is 0 Å². The Bertz CT molecular complexity index is 833. The molecule has 1 aliphatic rings. The molecule has 0 saturated heterocycles. The number of hydrogen-bond acceptors (Lipinski definition) is 6. The highest BCUT2D eigenvalue weighted by Crippen LogP contribution is 2.43. The molecule has 29 heavy (non-hydrogen) atoms. The number of benzene rings is 1. The van der Waals surface area contributed by atoms with E-state index >= 15 is 0 Å². The van der Waals surface area contributed by atoms with E-state index in [0.29, 0.717) is 26.2 Å².